The Kier molecular flexibility index (Phi) is 4.82. The van der Waals surface area contributed by atoms with Crippen LogP contribution in [0.5, 0.6) is 0 Å². The molecule has 0 saturated carbocycles. The highest BCUT2D eigenvalue weighted by molar-refractivity contribution is 5.89. The second-order valence-electron chi connectivity index (χ2n) is 7.22. The van der Waals surface area contributed by atoms with Crippen LogP contribution in [0.2, 0.25) is 0 Å². The smallest absolute Gasteiger partial charge is 0.228 e. The maximum Gasteiger partial charge on any atom is 0.228 e. The normalized spacial score (nSPS) is 25.7. The van der Waals surface area contributed by atoms with E-state index in [2.05, 4.69) is 0 Å². The molecule has 0 radical (unpaired) electrons. The van der Waals surface area contributed by atoms with Gasteiger partial charge in [-0.1, -0.05) is 0 Å². The van der Waals surface area contributed by atoms with E-state index in [0.717, 1.165) is 0 Å². The van der Waals surface area contributed by atoms with E-state index in [9.17, 15) is 9.59 Å². The Bertz CT molecular complexity index is 430. The Morgan fingerprint density at radius 3 is 2.14 bits per heavy atom. The van der Waals surface area contributed by atoms with Crippen LogP contribution >= 0.6 is 0 Å². The average Bonchev–Trinajstić information content (AvgIpc) is 2.89. The summed E-state index contributed by atoms with van der Waals surface area (Å²) in [6.07, 6.45) is 1.65. The van der Waals surface area contributed by atoms with E-state index < -0.39 is 5.79 Å². The van der Waals surface area contributed by atoms with Gasteiger partial charge in [-0.25, -0.2) is 0 Å². The van der Waals surface area contributed by atoms with Gasteiger partial charge in [0.25, 0.3) is 0 Å². The van der Waals surface area contributed by atoms with Crippen LogP contribution in [0, 0.1) is 5.92 Å². The third kappa shape index (κ3) is 3.27. The SMILES string of the molecule is COC1(OC)CCN(C(=O)C2CC(=O)N(C(C)(C)C)C2)CC1. The van der Waals surface area contributed by atoms with Crippen LogP contribution in [-0.2, 0) is 19.1 Å². The number of rotatable bonds is 3. The highest BCUT2D eigenvalue weighted by Gasteiger charge is 2.43. The van der Waals surface area contributed by atoms with Crippen LogP contribution < -0.4 is 0 Å². The van der Waals surface area contributed by atoms with E-state index in [-0.39, 0.29) is 23.3 Å². The van der Waals surface area contributed by atoms with Crippen molar-refractivity contribution in [1.29, 1.82) is 0 Å². The fourth-order valence-corrected chi connectivity index (χ4v) is 3.34. The molecule has 0 N–H and O–H groups in total. The number of likely N-dealkylation sites (tertiary alicyclic amines) is 2. The molecule has 0 aromatic heterocycles. The molecule has 0 aromatic rings. The molecule has 0 bridgehead atoms. The number of amides is 2. The number of hydrogen-bond acceptors (Lipinski definition) is 4. The highest BCUT2D eigenvalue weighted by Crippen LogP contribution is 2.30. The summed E-state index contributed by atoms with van der Waals surface area (Å²) in [5.74, 6) is -0.629. The number of methoxy groups -OCH3 is 2. The Labute approximate surface area is 132 Å². The van der Waals surface area contributed by atoms with E-state index in [1.807, 2.05) is 30.6 Å². The first kappa shape index (κ1) is 17.2. The zero-order valence-electron chi connectivity index (χ0n) is 14.3. The quantitative estimate of drug-likeness (QED) is 0.736. The zero-order chi connectivity index (χ0) is 16.5. The van der Waals surface area contributed by atoms with Crippen molar-refractivity contribution < 1.29 is 19.1 Å². The number of hydrogen-bond donors (Lipinski definition) is 0. The van der Waals surface area contributed by atoms with Gasteiger partial charge in [0.2, 0.25) is 11.8 Å². The molecule has 2 aliphatic heterocycles. The molecule has 2 saturated heterocycles. The average molecular weight is 312 g/mol. The largest absolute Gasteiger partial charge is 0.353 e. The first-order chi connectivity index (χ1) is 10.2. The molecule has 2 amide bonds. The lowest BCUT2D eigenvalue weighted by Crippen LogP contribution is -2.50. The van der Waals surface area contributed by atoms with Crippen molar-refractivity contribution in [2.75, 3.05) is 33.9 Å². The topological polar surface area (TPSA) is 59.1 Å². The molecular weight excluding hydrogens is 284 g/mol. The maximum absolute atomic E-state index is 12.7. The summed E-state index contributed by atoms with van der Waals surface area (Å²) in [5, 5.41) is 0. The first-order valence-electron chi connectivity index (χ1n) is 7.92. The van der Waals surface area contributed by atoms with Crippen molar-refractivity contribution in [2.45, 2.75) is 51.4 Å². The molecule has 0 aliphatic carbocycles. The van der Waals surface area contributed by atoms with Crippen molar-refractivity contribution in [3.63, 3.8) is 0 Å². The van der Waals surface area contributed by atoms with Crippen LogP contribution in [0.25, 0.3) is 0 Å². The molecular formula is C16H28N2O4. The van der Waals surface area contributed by atoms with Crippen molar-refractivity contribution in [3.05, 3.63) is 0 Å². The van der Waals surface area contributed by atoms with Gasteiger partial charge in [-0.15, -0.1) is 0 Å². The first-order valence-corrected chi connectivity index (χ1v) is 7.92. The van der Waals surface area contributed by atoms with E-state index >= 15 is 0 Å². The van der Waals surface area contributed by atoms with Crippen LogP contribution in [-0.4, -0.2) is 66.8 Å². The second kappa shape index (κ2) is 6.16. The fraction of sp³-hybridized carbons (Fsp3) is 0.875. The van der Waals surface area contributed by atoms with Gasteiger partial charge in [0.05, 0.1) is 5.92 Å². The molecule has 1 unspecified atom stereocenters. The van der Waals surface area contributed by atoms with Crippen molar-refractivity contribution in [1.82, 2.24) is 9.80 Å². The Balaban J connectivity index is 1.96. The molecule has 6 nitrogen and oxygen atoms in total. The summed E-state index contributed by atoms with van der Waals surface area (Å²) in [5.41, 5.74) is -0.227. The van der Waals surface area contributed by atoms with Gasteiger partial charge >= 0.3 is 0 Å². The van der Waals surface area contributed by atoms with E-state index in [0.29, 0.717) is 38.9 Å². The number of ether oxygens (including phenoxy) is 2. The Hall–Kier alpha value is -1.14. The predicted molar refractivity (Wildman–Crippen MR) is 82.1 cm³/mol. The minimum atomic E-state index is -0.570. The molecule has 2 heterocycles. The van der Waals surface area contributed by atoms with Crippen molar-refractivity contribution in [2.24, 2.45) is 5.92 Å². The minimum absolute atomic E-state index is 0.0750. The minimum Gasteiger partial charge on any atom is -0.353 e. The third-order valence-electron chi connectivity index (χ3n) is 4.86. The van der Waals surface area contributed by atoms with E-state index in [4.69, 9.17) is 9.47 Å². The maximum atomic E-state index is 12.7. The van der Waals surface area contributed by atoms with Crippen LogP contribution in [0.15, 0.2) is 0 Å². The van der Waals surface area contributed by atoms with Crippen molar-refractivity contribution in [3.8, 4) is 0 Å². The predicted octanol–water partition coefficient (Wildman–Crippen LogP) is 1.24. The molecule has 2 fully saturated rings. The van der Waals surface area contributed by atoms with Gasteiger partial charge < -0.3 is 19.3 Å². The van der Waals surface area contributed by atoms with Gasteiger partial charge in [0.1, 0.15) is 0 Å². The van der Waals surface area contributed by atoms with Crippen LogP contribution in [0.4, 0.5) is 0 Å². The molecule has 1 atom stereocenters. The summed E-state index contributed by atoms with van der Waals surface area (Å²) in [4.78, 5) is 28.5. The molecule has 6 heteroatoms. The zero-order valence-corrected chi connectivity index (χ0v) is 14.3. The Morgan fingerprint density at radius 1 is 1.18 bits per heavy atom. The summed E-state index contributed by atoms with van der Waals surface area (Å²) in [7, 11) is 3.27. The lowest BCUT2D eigenvalue weighted by atomic mass is 10.00. The van der Waals surface area contributed by atoms with Crippen LogP contribution in [0.1, 0.15) is 40.0 Å². The molecule has 22 heavy (non-hydrogen) atoms. The summed E-state index contributed by atoms with van der Waals surface area (Å²) >= 11 is 0. The second-order valence-corrected chi connectivity index (χ2v) is 7.22. The van der Waals surface area contributed by atoms with Gasteiger partial charge in [-0.05, 0) is 20.8 Å². The van der Waals surface area contributed by atoms with Gasteiger partial charge in [-0.2, -0.15) is 0 Å². The molecule has 0 spiro atoms. The summed E-state index contributed by atoms with van der Waals surface area (Å²) < 4.78 is 10.9. The van der Waals surface area contributed by atoms with Gasteiger partial charge in [-0.3, -0.25) is 9.59 Å². The number of carbonyl (C=O) groups excluding carboxylic acids is 2. The number of carbonyl (C=O) groups is 2. The third-order valence-corrected chi connectivity index (χ3v) is 4.86. The highest BCUT2D eigenvalue weighted by atomic mass is 16.7. The van der Waals surface area contributed by atoms with E-state index in [1.54, 1.807) is 14.2 Å². The van der Waals surface area contributed by atoms with Crippen molar-refractivity contribution >= 4 is 11.8 Å². The monoisotopic (exact) mass is 312 g/mol. The van der Waals surface area contributed by atoms with Crippen LogP contribution in [0.3, 0.4) is 0 Å². The summed E-state index contributed by atoms with van der Waals surface area (Å²) in [6.45, 7) is 7.76. The number of nitrogens with zero attached hydrogens (tertiary/aromatic N) is 2. The number of piperidine rings is 1. The standard InChI is InChI=1S/C16H28N2O4/c1-15(2,3)18-11-12(10-13(18)19)14(20)17-8-6-16(21-4,22-5)7-9-17/h12H,6-11H2,1-5H3. The molecule has 0 aromatic carbocycles. The lowest BCUT2D eigenvalue weighted by Gasteiger charge is -2.40. The van der Waals surface area contributed by atoms with Gasteiger partial charge in [0.15, 0.2) is 5.79 Å². The van der Waals surface area contributed by atoms with Gasteiger partial charge in [0, 0.05) is 58.7 Å². The fourth-order valence-electron chi connectivity index (χ4n) is 3.34. The van der Waals surface area contributed by atoms with E-state index in [1.165, 1.54) is 0 Å². The molecule has 126 valence electrons. The lowest BCUT2D eigenvalue weighted by molar-refractivity contribution is -0.229. The molecule has 2 rings (SSSR count). The Morgan fingerprint density at radius 2 is 1.73 bits per heavy atom. The summed E-state index contributed by atoms with van der Waals surface area (Å²) in [6, 6.07) is 0. The molecule has 2 aliphatic rings.